The van der Waals surface area contributed by atoms with Crippen molar-refractivity contribution in [3.63, 3.8) is 0 Å². The molecule has 130 valence electrons. The van der Waals surface area contributed by atoms with Crippen molar-refractivity contribution in [2.24, 2.45) is 5.73 Å². The number of aromatic nitrogens is 1. The number of benzene rings is 1. The molecule has 1 aliphatic heterocycles. The van der Waals surface area contributed by atoms with Gasteiger partial charge in [0, 0.05) is 29.5 Å². The van der Waals surface area contributed by atoms with Crippen molar-refractivity contribution in [3.8, 4) is 0 Å². The number of hydrogen-bond donors (Lipinski definition) is 1. The average Bonchev–Trinajstić information content (AvgIpc) is 3.02. The van der Waals surface area contributed by atoms with Crippen LogP contribution < -0.4 is 5.73 Å². The van der Waals surface area contributed by atoms with E-state index in [1.165, 1.54) is 10.4 Å². The largest absolute Gasteiger partial charge is 0.373 e. The van der Waals surface area contributed by atoms with Crippen LogP contribution in [0.25, 0.3) is 0 Å². The van der Waals surface area contributed by atoms with Crippen molar-refractivity contribution in [1.29, 1.82) is 0 Å². The molecule has 0 spiro atoms. The van der Waals surface area contributed by atoms with Crippen molar-refractivity contribution in [2.45, 2.75) is 38.5 Å². The first-order valence-electron chi connectivity index (χ1n) is 8.37. The normalized spacial score (nSPS) is 18.0. The van der Waals surface area contributed by atoms with E-state index in [-0.39, 0.29) is 6.04 Å². The lowest BCUT2D eigenvalue weighted by atomic mass is 10.0. The molecule has 1 aromatic carbocycles. The van der Waals surface area contributed by atoms with Crippen LogP contribution in [0.1, 0.15) is 35.0 Å². The third-order valence-corrected chi connectivity index (χ3v) is 5.91. The standard InChI is InChI=1S/C18H24ClN3OS/c1-13-18(24-12-21-13)17(10-20)22-8-6-16(7-9-22)23-11-14-2-4-15(19)5-3-14/h2-5,12,16-17H,6-11,20H2,1H3. The number of piperidine rings is 1. The molecule has 3 rings (SSSR count). The van der Waals surface area contributed by atoms with Crippen LogP contribution in [-0.2, 0) is 11.3 Å². The van der Waals surface area contributed by atoms with Crippen LogP contribution in [0, 0.1) is 6.92 Å². The molecule has 1 fully saturated rings. The van der Waals surface area contributed by atoms with E-state index < -0.39 is 0 Å². The first-order chi connectivity index (χ1) is 11.7. The fourth-order valence-corrected chi connectivity index (χ4v) is 4.28. The summed E-state index contributed by atoms with van der Waals surface area (Å²) in [5.41, 5.74) is 10.2. The summed E-state index contributed by atoms with van der Waals surface area (Å²) in [6.07, 6.45) is 2.40. The molecule has 0 radical (unpaired) electrons. The number of likely N-dealkylation sites (tertiary alicyclic amines) is 1. The molecule has 1 unspecified atom stereocenters. The minimum Gasteiger partial charge on any atom is -0.373 e. The summed E-state index contributed by atoms with van der Waals surface area (Å²) in [5.74, 6) is 0. The fourth-order valence-electron chi connectivity index (χ4n) is 3.20. The van der Waals surface area contributed by atoms with Gasteiger partial charge in [-0.05, 0) is 37.5 Å². The molecule has 2 aromatic rings. The topological polar surface area (TPSA) is 51.4 Å². The third kappa shape index (κ3) is 4.35. The molecule has 0 aliphatic carbocycles. The Balaban J connectivity index is 1.50. The van der Waals surface area contributed by atoms with Gasteiger partial charge in [-0.1, -0.05) is 23.7 Å². The molecule has 1 saturated heterocycles. The highest BCUT2D eigenvalue weighted by molar-refractivity contribution is 7.09. The van der Waals surface area contributed by atoms with Crippen molar-refractivity contribution < 1.29 is 4.74 Å². The number of rotatable bonds is 6. The Morgan fingerprint density at radius 3 is 2.62 bits per heavy atom. The van der Waals surface area contributed by atoms with Gasteiger partial charge in [0.1, 0.15) is 0 Å². The van der Waals surface area contributed by atoms with Crippen LogP contribution in [0.3, 0.4) is 0 Å². The monoisotopic (exact) mass is 365 g/mol. The van der Waals surface area contributed by atoms with E-state index in [9.17, 15) is 0 Å². The van der Waals surface area contributed by atoms with Gasteiger partial charge < -0.3 is 10.5 Å². The predicted octanol–water partition coefficient (Wildman–Crippen LogP) is 3.79. The van der Waals surface area contributed by atoms with Crippen LogP contribution in [-0.4, -0.2) is 35.6 Å². The maximum Gasteiger partial charge on any atom is 0.0798 e. The smallest absolute Gasteiger partial charge is 0.0798 e. The third-order valence-electron chi connectivity index (χ3n) is 4.62. The highest BCUT2D eigenvalue weighted by Gasteiger charge is 2.27. The van der Waals surface area contributed by atoms with Gasteiger partial charge >= 0.3 is 0 Å². The molecule has 6 heteroatoms. The van der Waals surface area contributed by atoms with Gasteiger partial charge in [0.25, 0.3) is 0 Å². The SMILES string of the molecule is Cc1ncsc1C(CN)N1CCC(OCc2ccc(Cl)cc2)CC1. The van der Waals surface area contributed by atoms with Gasteiger partial charge in [-0.3, -0.25) is 4.90 Å². The quantitative estimate of drug-likeness (QED) is 0.846. The van der Waals surface area contributed by atoms with E-state index in [1.807, 2.05) is 29.8 Å². The van der Waals surface area contributed by atoms with E-state index in [0.29, 0.717) is 19.3 Å². The highest BCUT2D eigenvalue weighted by Crippen LogP contribution is 2.29. The number of halogens is 1. The lowest BCUT2D eigenvalue weighted by molar-refractivity contribution is -0.0104. The maximum atomic E-state index is 6.07. The van der Waals surface area contributed by atoms with E-state index >= 15 is 0 Å². The van der Waals surface area contributed by atoms with Crippen molar-refractivity contribution in [3.05, 3.63) is 50.9 Å². The zero-order valence-electron chi connectivity index (χ0n) is 14.0. The molecule has 1 aromatic heterocycles. The number of nitrogens with two attached hydrogens (primary N) is 1. The second-order valence-corrected chi connectivity index (χ2v) is 7.55. The van der Waals surface area contributed by atoms with Gasteiger partial charge in [0.15, 0.2) is 0 Å². The number of ether oxygens (including phenoxy) is 1. The Bertz CT molecular complexity index is 638. The Kier molecular flexibility index (Phi) is 6.25. The zero-order chi connectivity index (χ0) is 16.9. The highest BCUT2D eigenvalue weighted by atomic mass is 35.5. The van der Waals surface area contributed by atoms with Crippen molar-refractivity contribution >= 4 is 22.9 Å². The summed E-state index contributed by atoms with van der Waals surface area (Å²) in [6, 6.07) is 8.15. The average molecular weight is 366 g/mol. The number of nitrogens with zero attached hydrogens (tertiary/aromatic N) is 2. The molecule has 4 nitrogen and oxygen atoms in total. The summed E-state index contributed by atoms with van der Waals surface area (Å²) in [6.45, 7) is 5.39. The minimum absolute atomic E-state index is 0.287. The van der Waals surface area contributed by atoms with Gasteiger partial charge in [0.05, 0.1) is 30.0 Å². The molecule has 1 aliphatic rings. The summed E-state index contributed by atoms with van der Waals surface area (Å²) in [4.78, 5) is 8.15. The van der Waals surface area contributed by atoms with Gasteiger partial charge in [-0.25, -0.2) is 4.98 Å². The molecule has 2 heterocycles. The van der Waals surface area contributed by atoms with E-state index in [0.717, 1.165) is 36.6 Å². The molecule has 2 N–H and O–H groups in total. The van der Waals surface area contributed by atoms with Gasteiger partial charge in [-0.2, -0.15) is 0 Å². The molecule has 0 amide bonds. The lowest BCUT2D eigenvalue weighted by Crippen LogP contribution is -2.41. The molecule has 24 heavy (non-hydrogen) atoms. The summed E-state index contributed by atoms with van der Waals surface area (Å²) in [5, 5.41) is 0.762. The van der Waals surface area contributed by atoms with Crippen molar-refractivity contribution in [2.75, 3.05) is 19.6 Å². The number of thiazole rings is 1. The Hall–Kier alpha value is -0.980. The first kappa shape index (κ1) is 17.8. The van der Waals surface area contributed by atoms with E-state index in [4.69, 9.17) is 22.1 Å². The molecule has 1 atom stereocenters. The first-order valence-corrected chi connectivity index (χ1v) is 9.63. The zero-order valence-corrected chi connectivity index (χ0v) is 15.5. The molecule has 0 saturated carbocycles. The van der Waals surface area contributed by atoms with Crippen LogP contribution in [0.15, 0.2) is 29.8 Å². The van der Waals surface area contributed by atoms with Crippen LogP contribution >= 0.6 is 22.9 Å². The van der Waals surface area contributed by atoms with Crippen LogP contribution in [0.5, 0.6) is 0 Å². The lowest BCUT2D eigenvalue weighted by Gasteiger charge is -2.36. The number of aryl methyl sites for hydroxylation is 1. The molecular formula is C18H24ClN3OS. The van der Waals surface area contributed by atoms with E-state index in [2.05, 4.69) is 16.8 Å². The summed E-state index contributed by atoms with van der Waals surface area (Å²) < 4.78 is 6.07. The van der Waals surface area contributed by atoms with Gasteiger partial charge in [-0.15, -0.1) is 11.3 Å². The Morgan fingerprint density at radius 2 is 2.04 bits per heavy atom. The Morgan fingerprint density at radius 1 is 1.33 bits per heavy atom. The summed E-state index contributed by atoms with van der Waals surface area (Å²) in [7, 11) is 0. The maximum absolute atomic E-state index is 6.07. The second kappa shape index (κ2) is 8.41. The summed E-state index contributed by atoms with van der Waals surface area (Å²) >= 11 is 7.62. The fraction of sp³-hybridized carbons (Fsp3) is 0.500. The second-order valence-electron chi connectivity index (χ2n) is 6.23. The molecular weight excluding hydrogens is 342 g/mol. The van der Waals surface area contributed by atoms with Crippen LogP contribution in [0.4, 0.5) is 0 Å². The van der Waals surface area contributed by atoms with Crippen molar-refractivity contribution in [1.82, 2.24) is 9.88 Å². The Labute approximate surface area is 152 Å². The van der Waals surface area contributed by atoms with E-state index in [1.54, 1.807) is 11.3 Å². The predicted molar refractivity (Wildman–Crippen MR) is 99.5 cm³/mol. The minimum atomic E-state index is 0.287. The van der Waals surface area contributed by atoms with Crippen LogP contribution in [0.2, 0.25) is 5.02 Å². The van der Waals surface area contributed by atoms with Gasteiger partial charge in [0.2, 0.25) is 0 Å². The number of hydrogen-bond acceptors (Lipinski definition) is 5. The molecule has 0 bridgehead atoms.